The number of nitrogens with one attached hydrogen (secondary N) is 1. The number of carbonyl (C=O) groups excluding carboxylic acids is 1. The molecule has 4 rings (SSSR count). The Morgan fingerprint density at radius 2 is 1.79 bits per heavy atom. The van der Waals surface area contributed by atoms with Gasteiger partial charge in [0.15, 0.2) is 0 Å². The largest absolute Gasteiger partial charge is 0.495 e. The third-order valence-electron chi connectivity index (χ3n) is 4.89. The predicted molar refractivity (Wildman–Crippen MR) is 118 cm³/mol. The Kier molecular flexibility index (Phi) is 5.11. The second-order valence-corrected chi connectivity index (χ2v) is 8.25. The highest BCUT2D eigenvalue weighted by atomic mass is 32.1. The topological polar surface area (TPSA) is 56.1 Å². The van der Waals surface area contributed by atoms with Gasteiger partial charge < -0.3 is 10.1 Å². The normalized spacial score (nSPS) is 11.0. The average Bonchev–Trinajstić information content (AvgIpc) is 3.25. The highest BCUT2D eigenvalue weighted by Crippen LogP contribution is 2.31. The number of hydrogen-bond acceptors (Lipinski definition) is 4. The van der Waals surface area contributed by atoms with Crippen molar-refractivity contribution in [3.05, 3.63) is 75.8 Å². The van der Waals surface area contributed by atoms with Crippen LogP contribution in [0.2, 0.25) is 0 Å². The Morgan fingerprint density at radius 1 is 1.07 bits per heavy atom. The summed E-state index contributed by atoms with van der Waals surface area (Å²) >= 11 is 1.46. The molecule has 148 valence electrons. The first-order valence-corrected chi connectivity index (χ1v) is 10.2. The Labute approximate surface area is 173 Å². The van der Waals surface area contributed by atoms with Crippen LogP contribution in [0.15, 0.2) is 48.5 Å². The zero-order chi connectivity index (χ0) is 20.5. The van der Waals surface area contributed by atoms with Crippen molar-refractivity contribution < 1.29 is 9.53 Å². The molecule has 0 unspecified atom stereocenters. The molecule has 0 fully saturated rings. The van der Waals surface area contributed by atoms with E-state index < -0.39 is 0 Å². The first kappa shape index (κ1) is 19.2. The lowest BCUT2D eigenvalue weighted by Crippen LogP contribution is -2.11. The molecule has 2 aromatic heterocycles. The number of nitrogens with zero attached hydrogens (tertiary/aromatic N) is 2. The smallest absolute Gasteiger partial charge is 0.265 e. The molecule has 0 saturated carbocycles. The maximum atomic E-state index is 12.9. The van der Waals surface area contributed by atoms with Crippen molar-refractivity contribution in [3.63, 3.8) is 0 Å². The highest BCUT2D eigenvalue weighted by molar-refractivity contribution is 7.20. The summed E-state index contributed by atoms with van der Waals surface area (Å²) in [4.78, 5) is 14.6. The summed E-state index contributed by atoms with van der Waals surface area (Å²) in [5.74, 6) is 0.503. The molecule has 0 atom stereocenters. The second-order valence-electron chi connectivity index (χ2n) is 7.22. The number of anilines is 1. The molecule has 1 amide bonds. The fourth-order valence-electron chi connectivity index (χ4n) is 3.30. The van der Waals surface area contributed by atoms with E-state index >= 15 is 0 Å². The van der Waals surface area contributed by atoms with Crippen molar-refractivity contribution in [3.8, 4) is 5.75 Å². The second kappa shape index (κ2) is 7.72. The van der Waals surface area contributed by atoms with E-state index in [-0.39, 0.29) is 5.91 Å². The molecule has 4 aromatic rings. The third kappa shape index (κ3) is 3.89. The molecule has 0 aliphatic carbocycles. The standard InChI is InChI=1S/C23H23N3O2S/c1-14-5-8-17(9-6-14)13-26-23-18(16(3)25-26)12-21(29-23)22(27)24-19-11-15(2)7-10-20(19)28-4/h5-12H,13H2,1-4H3,(H,24,27). The summed E-state index contributed by atoms with van der Waals surface area (Å²) < 4.78 is 7.34. The SMILES string of the molecule is COc1ccc(C)cc1NC(=O)c1cc2c(C)nn(Cc3ccc(C)cc3)c2s1. The number of methoxy groups -OCH3 is 1. The lowest BCUT2D eigenvalue weighted by Gasteiger charge is -2.10. The number of amides is 1. The van der Waals surface area contributed by atoms with Gasteiger partial charge in [-0.15, -0.1) is 11.3 Å². The Morgan fingerprint density at radius 3 is 2.52 bits per heavy atom. The molecule has 0 aliphatic heterocycles. The van der Waals surface area contributed by atoms with E-state index in [1.165, 1.54) is 22.5 Å². The molecule has 0 saturated heterocycles. The van der Waals surface area contributed by atoms with Gasteiger partial charge in [-0.25, -0.2) is 0 Å². The van der Waals surface area contributed by atoms with Gasteiger partial charge >= 0.3 is 0 Å². The lowest BCUT2D eigenvalue weighted by molar-refractivity contribution is 0.103. The number of hydrogen-bond donors (Lipinski definition) is 1. The number of aryl methyl sites for hydroxylation is 3. The Bertz CT molecular complexity index is 1190. The van der Waals surface area contributed by atoms with Gasteiger partial charge in [-0.1, -0.05) is 35.9 Å². The van der Waals surface area contributed by atoms with Gasteiger partial charge in [0.25, 0.3) is 5.91 Å². The molecular weight excluding hydrogens is 382 g/mol. The van der Waals surface area contributed by atoms with Gasteiger partial charge in [0.1, 0.15) is 10.6 Å². The fourth-order valence-corrected chi connectivity index (χ4v) is 4.36. The third-order valence-corrected chi connectivity index (χ3v) is 6.03. The van der Waals surface area contributed by atoms with E-state index in [4.69, 9.17) is 4.74 Å². The van der Waals surface area contributed by atoms with Crippen molar-refractivity contribution in [1.29, 1.82) is 0 Å². The number of fused-ring (bicyclic) bond motifs is 1. The molecule has 6 heteroatoms. The van der Waals surface area contributed by atoms with Crippen LogP contribution in [0.4, 0.5) is 5.69 Å². The van der Waals surface area contributed by atoms with Crippen molar-refractivity contribution in [2.45, 2.75) is 27.3 Å². The molecule has 2 heterocycles. The number of rotatable bonds is 5. The van der Waals surface area contributed by atoms with Gasteiger partial charge in [-0.2, -0.15) is 5.10 Å². The van der Waals surface area contributed by atoms with Crippen molar-refractivity contribution >= 4 is 33.1 Å². The van der Waals surface area contributed by atoms with Crippen LogP contribution in [-0.4, -0.2) is 22.8 Å². The van der Waals surface area contributed by atoms with Crippen molar-refractivity contribution in [2.75, 3.05) is 12.4 Å². The Balaban J connectivity index is 1.63. The van der Waals surface area contributed by atoms with Crippen LogP contribution in [0.5, 0.6) is 5.75 Å². The van der Waals surface area contributed by atoms with Gasteiger partial charge in [0.05, 0.1) is 29.9 Å². The number of thiophene rings is 1. The molecule has 29 heavy (non-hydrogen) atoms. The molecular formula is C23H23N3O2S. The van der Waals surface area contributed by atoms with Gasteiger partial charge in [0, 0.05) is 5.39 Å². The van der Waals surface area contributed by atoms with Gasteiger partial charge in [0.2, 0.25) is 0 Å². The zero-order valence-electron chi connectivity index (χ0n) is 16.9. The minimum atomic E-state index is -0.142. The van der Waals surface area contributed by atoms with E-state index in [2.05, 4.69) is 41.6 Å². The van der Waals surface area contributed by atoms with Crippen LogP contribution in [-0.2, 0) is 6.54 Å². The minimum Gasteiger partial charge on any atom is -0.495 e. The van der Waals surface area contributed by atoms with E-state index in [9.17, 15) is 4.79 Å². The first-order chi connectivity index (χ1) is 13.9. The predicted octanol–water partition coefficient (Wildman–Crippen LogP) is 5.33. The van der Waals surface area contributed by atoms with Crippen LogP contribution in [0.1, 0.15) is 32.1 Å². The summed E-state index contributed by atoms with van der Waals surface area (Å²) in [6, 6.07) is 16.1. The number of carbonyl (C=O) groups is 1. The average molecular weight is 406 g/mol. The maximum Gasteiger partial charge on any atom is 0.265 e. The minimum absolute atomic E-state index is 0.142. The number of ether oxygens (including phenoxy) is 1. The van der Waals surface area contributed by atoms with E-state index in [1.54, 1.807) is 7.11 Å². The first-order valence-electron chi connectivity index (χ1n) is 9.43. The van der Waals surface area contributed by atoms with E-state index in [0.29, 0.717) is 22.9 Å². The summed E-state index contributed by atoms with van der Waals surface area (Å²) in [6.07, 6.45) is 0. The molecule has 0 radical (unpaired) electrons. The number of aromatic nitrogens is 2. The van der Waals surface area contributed by atoms with Crippen LogP contribution >= 0.6 is 11.3 Å². The number of benzene rings is 2. The highest BCUT2D eigenvalue weighted by Gasteiger charge is 2.18. The van der Waals surface area contributed by atoms with Crippen LogP contribution in [0, 0.1) is 20.8 Å². The van der Waals surface area contributed by atoms with Gasteiger partial charge in [-0.3, -0.25) is 9.48 Å². The molecule has 2 aromatic carbocycles. The van der Waals surface area contributed by atoms with Crippen LogP contribution < -0.4 is 10.1 Å². The monoisotopic (exact) mass is 405 g/mol. The van der Waals surface area contributed by atoms with Crippen molar-refractivity contribution in [2.24, 2.45) is 0 Å². The summed E-state index contributed by atoms with van der Waals surface area (Å²) in [6.45, 7) is 6.72. The molecule has 5 nitrogen and oxygen atoms in total. The maximum absolute atomic E-state index is 12.9. The summed E-state index contributed by atoms with van der Waals surface area (Å²) in [5, 5.41) is 8.66. The van der Waals surface area contributed by atoms with Gasteiger partial charge in [-0.05, 0) is 50.1 Å². The van der Waals surface area contributed by atoms with E-state index in [1.807, 2.05) is 42.8 Å². The summed E-state index contributed by atoms with van der Waals surface area (Å²) in [5.41, 5.74) is 5.08. The van der Waals surface area contributed by atoms with Crippen LogP contribution in [0.3, 0.4) is 0 Å². The quantitative estimate of drug-likeness (QED) is 0.488. The summed E-state index contributed by atoms with van der Waals surface area (Å²) in [7, 11) is 1.60. The van der Waals surface area contributed by atoms with Crippen molar-refractivity contribution in [1.82, 2.24) is 9.78 Å². The Hall–Kier alpha value is -3.12. The lowest BCUT2D eigenvalue weighted by atomic mass is 10.1. The fraction of sp³-hybridized carbons (Fsp3) is 0.217. The molecule has 0 bridgehead atoms. The van der Waals surface area contributed by atoms with Crippen LogP contribution in [0.25, 0.3) is 10.2 Å². The van der Waals surface area contributed by atoms with E-state index in [0.717, 1.165) is 21.5 Å². The molecule has 0 spiro atoms. The zero-order valence-corrected chi connectivity index (χ0v) is 17.8. The molecule has 0 aliphatic rings. The molecule has 1 N–H and O–H groups in total.